The van der Waals surface area contributed by atoms with Crippen molar-refractivity contribution in [3.05, 3.63) is 48.4 Å². The van der Waals surface area contributed by atoms with Crippen LogP contribution < -0.4 is 4.72 Å². The number of pyridine rings is 1. The Kier molecular flexibility index (Phi) is 4.24. The van der Waals surface area contributed by atoms with Gasteiger partial charge in [0.05, 0.1) is 0 Å². The van der Waals surface area contributed by atoms with Crippen molar-refractivity contribution in [2.24, 2.45) is 0 Å². The van der Waals surface area contributed by atoms with Crippen LogP contribution in [-0.4, -0.2) is 34.7 Å². The van der Waals surface area contributed by atoms with Gasteiger partial charge in [0.15, 0.2) is 5.82 Å². The maximum absolute atomic E-state index is 12.1. The number of anilines is 1. The number of aliphatic carboxylic acids is 1. The van der Waals surface area contributed by atoms with E-state index in [9.17, 15) is 13.2 Å². The van der Waals surface area contributed by atoms with Crippen LogP contribution in [0.4, 0.5) is 5.82 Å². The molecule has 2 heterocycles. The molecule has 0 amide bonds. The van der Waals surface area contributed by atoms with Crippen LogP contribution in [0.3, 0.4) is 0 Å². The van der Waals surface area contributed by atoms with Crippen molar-refractivity contribution >= 4 is 27.9 Å². The van der Waals surface area contributed by atoms with Gasteiger partial charge in [0.1, 0.15) is 4.90 Å². The predicted molar refractivity (Wildman–Crippen MR) is 73.7 cm³/mol. The van der Waals surface area contributed by atoms with Crippen molar-refractivity contribution in [3.63, 3.8) is 0 Å². The normalized spacial score (nSPS) is 11.4. The molecule has 2 N–H and O–H groups in total. The molecule has 0 aliphatic rings. The van der Waals surface area contributed by atoms with Crippen LogP contribution in [0.2, 0.25) is 0 Å². The molecule has 2 rings (SSSR count). The van der Waals surface area contributed by atoms with Gasteiger partial charge in [-0.1, -0.05) is 0 Å². The topological polar surface area (TPSA) is 122 Å². The van der Waals surface area contributed by atoms with Crippen molar-refractivity contribution in [1.29, 1.82) is 0 Å². The van der Waals surface area contributed by atoms with Crippen LogP contribution in [0, 0.1) is 0 Å². The van der Waals surface area contributed by atoms with Crippen molar-refractivity contribution in [3.8, 4) is 0 Å². The van der Waals surface area contributed by atoms with Crippen LogP contribution >= 0.6 is 0 Å². The lowest BCUT2D eigenvalue weighted by molar-refractivity contribution is -0.131. The van der Waals surface area contributed by atoms with Gasteiger partial charge in [0, 0.05) is 24.7 Å². The number of nitrogens with zero attached hydrogens (tertiary/aromatic N) is 3. The van der Waals surface area contributed by atoms with E-state index in [-0.39, 0.29) is 10.7 Å². The molecule has 0 atom stereocenters. The lowest BCUT2D eigenvalue weighted by Gasteiger charge is -2.06. The minimum Gasteiger partial charge on any atom is -0.478 e. The fourth-order valence-corrected chi connectivity index (χ4v) is 2.39. The van der Waals surface area contributed by atoms with E-state index in [0.29, 0.717) is 5.56 Å². The molecule has 0 aliphatic carbocycles. The Morgan fingerprint density at radius 2 is 2.14 bits per heavy atom. The SMILES string of the molecule is O=C(O)/C=C/c1cncc(S(=O)(=O)Nc2cccnn2)c1. The summed E-state index contributed by atoms with van der Waals surface area (Å²) in [5.41, 5.74) is 0.347. The van der Waals surface area contributed by atoms with E-state index in [2.05, 4.69) is 19.9 Å². The second-order valence-corrected chi connectivity index (χ2v) is 5.52. The van der Waals surface area contributed by atoms with Gasteiger partial charge < -0.3 is 5.11 Å². The number of carbonyl (C=O) groups is 1. The van der Waals surface area contributed by atoms with E-state index in [4.69, 9.17) is 5.11 Å². The smallest absolute Gasteiger partial charge is 0.328 e. The van der Waals surface area contributed by atoms with Crippen LogP contribution in [-0.2, 0) is 14.8 Å². The summed E-state index contributed by atoms with van der Waals surface area (Å²) in [5.74, 6) is -1.06. The lowest BCUT2D eigenvalue weighted by atomic mass is 10.2. The third-order valence-corrected chi connectivity index (χ3v) is 3.60. The van der Waals surface area contributed by atoms with E-state index >= 15 is 0 Å². The fourth-order valence-electron chi connectivity index (χ4n) is 1.39. The second kappa shape index (κ2) is 6.09. The summed E-state index contributed by atoms with van der Waals surface area (Å²) in [6.45, 7) is 0. The van der Waals surface area contributed by atoms with Crippen molar-refractivity contribution in [2.75, 3.05) is 4.72 Å². The average molecular weight is 306 g/mol. The van der Waals surface area contributed by atoms with Gasteiger partial charge in [-0.2, -0.15) is 5.10 Å². The number of rotatable bonds is 5. The molecule has 0 saturated carbocycles. The van der Waals surface area contributed by atoms with E-state index in [1.54, 1.807) is 0 Å². The number of aromatic nitrogens is 3. The third kappa shape index (κ3) is 4.08. The number of hydrogen-bond donors (Lipinski definition) is 2. The molecule has 108 valence electrons. The molecule has 9 heteroatoms. The maximum atomic E-state index is 12.1. The molecular formula is C12H10N4O4S. The van der Waals surface area contributed by atoms with Gasteiger partial charge in [0.2, 0.25) is 0 Å². The maximum Gasteiger partial charge on any atom is 0.328 e. The highest BCUT2D eigenvalue weighted by molar-refractivity contribution is 7.92. The average Bonchev–Trinajstić information content (AvgIpc) is 2.46. The summed E-state index contributed by atoms with van der Waals surface area (Å²) >= 11 is 0. The number of hydrogen-bond acceptors (Lipinski definition) is 6. The highest BCUT2D eigenvalue weighted by Crippen LogP contribution is 2.14. The molecule has 0 radical (unpaired) electrons. The number of carboxylic acid groups (broad SMARTS) is 1. The van der Waals surface area contributed by atoms with Crippen LogP contribution in [0.25, 0.3) is 6.08 Å². The Labute approximate surface area is 120 Å². The highest BCUT2D eigenvalue weighted by atomic mass is 32.2. The molecule has 8 nitrogen and oxygen atoms in total. The first-order valence-corrected chi connectivity index (χ1v) is 7.12. The summed E-state index contributed by atoms with van der Waals surface area (Å²) in [5, 5.41) is 15.7. The van der Waals surface area contributed by atoms with Gasteiger partial charge in [-0.05, 0) is 29.8 Å². The van der Waals surface area contributed by atoms with Gasteiger partial charge in [0.25, 0.3) is 10.0 Å². The van der Waals surface area contributed by atoms with E-state index < -0.39 is 16.0 Å². The quantitative estimate of drug-likeness (QED) is 0.782. The molecule has 0 bridgehead atoms. The standard InChI is InChI=1S/C12H10N4O4S/c17-12(18)4-3-9-6-10(8-13-7-9)21(19,20)16-11-2-1-5-14-15-11/h1-8H,(H,15,16)(H,17,18)/b4-3+. The minimum atomic E-state index is -3.87. The molecule has 2 aromatic rings. The Morgan fingerprint density at radius 1 is 1.33 bits per heavy atom. The Morgan fingerprint density at radius 3 is 2.81 bits per heavy atom. The summed E-state index contributed by atoms with van der Waals surface area (Å²) < 4.78 is 26.5. The Balaban J connectivity index is 2.28. The molecule has 0 aliphatic heterocycles. The molecule has 0 saturated heterocycles. The van der Waals surface area contributed by atoms with Gasteiger partial charge >= 0.3 is 5.97 Å². The molecular weight excluding hydrogens is 296 g/mol. The third-order valence-electron chi connectivity index (χ3n) is 2.27. The zero-order valence-electron chi connectivity index (χ0n) is 10.5. The van der Waals surface area contributed by atoms with E-state index in [0.717, 1.165) is 12.3 Å². The minimum absolute atomic E-state index is 0.0731. The Hall–Kier alpha value is -2.81. The molecule has 0 spiro atoms. The summed E-state index contributed by atoms with van der Waals surface area (Å²) in [4.78, 5) is 14.1. The molecule has 2 aromatic heterocycles. The monoisotopic (exact) mass is 306 g/mol. The largest absolute Gasteiger partial charge is 0.478 e. The lowest BCUT2D eigenvalue weighted by Crippen LogP contribution is -2.14. The zero-order valence-corrected chi connectivity index (χ0v) is 11.4. The van der Waals surface area contributed by atoms with Gasteiger partial charge in [-0.25, -0.2) is 13.2 Å². The Bertz CT molecular complexity index is 775. The van der Waals surface area contributed by atoms with Crippen LogP contribution in [0.1, 0.15) is 5.56 Å². The predicted octanol–water partition coefficient (Wildman–Crippen LogP) is 0.770. The molecule has 0 aromatic carbocycles. The fraction of sp³-hybridized carbons (Fsp3) is 0. The highest BCUT2D eigenvalue weighted by Gasteiger charge is 2.15. The van der Waals surface area contributed by atoms with Crippen LogP contribution in [0.5, 0.6) is 0 Å². The summed E-state index contributed by atoms with van der Waals surface area (Å²) in [6, 6.07) is 4.28. The molecule has 21 heavy (non-hydrogen) atoms. The second-order valence-electron chi connectivity index (χ2n) is 3.84. The first-order valence-electron chi connectivity index (χ1n) is 5.64. The number of carboxylic acids is 1. The number of sulfonamides is 1. The van der Waals surface area contributed by atoms with Crippen molar-refractivity contribution in [2.45, 2.75) is 4.90 Å². The van der Waals surface area contributed by atoms with E-state index in [1.807, 2.05) is 0 Å². The first-order chi connectivity index (χ1) is 9.97. The molecule has 0 fully saturated rings. The van der Waals surface area contributed by atoms with Crippen molar-refractivity contribution in [1.82, 2.24) is 15.2 Å². The van der Waals surface area contributed by atoms with Gasteiger partial charge in [-0.3, -0.25) is 9.71 Å². The van der Waals surface area contributed by atoms with Crippen molar-refractivity contribution < 1.29 is 18.3 Å². The van der Waals surface area contributed by atoms with E-state index in [1.165, 1.54) is 36.7 Å². The summed E-state index contributed by atoms with van der Waals surface area (Å²) in [6.07, 6.45) is 6.05. The van der Waals surface area contributed by atoms with Gasteiger partial charge in [-0.15, -0.1) is 5.10 Å². The zero-order chi connectivity index (χ0) is 15.3. The summed E-state index contributed by atoms with van der Waals surface area (Å²) in [7, 11) is -3.87. The molecule has 0 unspecified atom stereocenters. The van der Waals surface area contributed by atoms with Crippen LogP contribution in [0.15, 0.2) is 47.8 Å². The first kappa shape index (κ1) is 14.6. The number of nitrogens with one attached hydrogen (secondary N) is 1.